The number of nitrogens with two attached hydrogens (primary N) is 1. The normalized spacial score (nSPS) is 14.9. The third kappa shape index (κ3) is 6.53. The Morgan fingerprint density at radius 2 is 2.03 bits per heavy atom. The zero-order valence-corrected chi connectivity index (χ0v) is 20.6. The van der Waals surface area contributed by atoms with Crippen molar-refractivity contribution in [2.45, 2.75) is 39.3 Å². The zero-order chi connectivity index (χ0) is 20.6. The highest BCUT2D eigenvalue weighted by atomic mass is 127. The average molecular weight is 543 g/mol. The van der Waals surface area contributed by atoms with Crippen LogP contribution in [0.3, 0.4) is 0 Å². The monoisotopic (exact) mass is 543 g/mol. The van der Waals surface area contributed by atoms with Gasteiger partial charge in [0.05, 0.1) is 6.54 Å². The number of guanidine groups is 1. The number of nitrogens with zero attached hydrogens (tertiary/aromatic N) is 4. The van der Waals surface area contributed by atoms with Gasteiger partial charge in [0.15, 0.2) is 5.96 Å². The molecular weight excluding hydrogens is 513 g/mol. The molecule has 4 N–H and O–H groups in total. The van der Waals surface area contributed by atoms with Gasteiger partial charge in [-0.3, -0.25) is 9.79 Å². The van der Waals surface area contributed by atoms with Gasteiger partial charge < -0.3 is 21.3 Å². The summed E-state index contributed by atoms with van der Waals surface area (Å²) in [4.78, 5) is 28.2. The second-order valence-corrected chi connectivity index (χ2v) is 8.20. The van der Waals surface area contributed by atoms with Gasteiger partial charge in [-0.1, -0.05) is 13.0 Å². The van der Waals surface area contributed by atoms with Gasteiger partial charge in [-0.25, -0.2) is 9.97 Å². The van der Waals surface area contributed by atoms with Crippen molar-refractivity contribution < 1.29 is 4.79 Å². The van der Waals surface area contributed by atoms with E-state index in [1.165, 1.54) is 4.88 Å². The van der Waals surface area contributed by atoms with E-state index in [1.54, 1.807) is 24.6 Å². The molecule has 0 saturated carbocycles. The molecular formula is C20H30IN7OS. The summed E-state index contributed by atoms with van der Waals surface area (Å²) in [7, 11) is 1.76. The minimum Gasteiger partial charge on any atom is -0.369 e. The Bertz CT molecular complexity index is 849. The summed E-state index contributed by atoms with van der Waals surface area (Å²) >= 11 is 1.72. The largest absolute Gasteiger partial charge is 0.369 e. The van der Waals surface area contributed by atoms with E-state index in [4.69, 9.17) is 5.73 Å². The van der Waals surface area contributed by atoms with Crippen LogP contribution in [0.5, 0.6) is 0 Å². The molecule has 1 saturated heterocycles. The first-order valence-corrected chi connectivity index (χ1v) is 10.8. The molecule has 3 heterocycles. The molecule has 0 unspecified atom stereocenters. The Morgan fingerprint density at radius 3 is 2.67 bits per heavy atom. The molecule has 10 heteroatoms. The fourth-order valence-corrected chi connectivity index (χ4v) is 4.18. The Hall–Kier alpha value is -1.95. The molecule has 0 bridgehead atoms. The molecule has 0 aromatic carbocycles. The van der Waals surface area contributed by atoms with E-state index in [0.29, 0.717) is 13.1 Å². The Morgan fingerprint density at radius 1 is 1.30 bits per heavy atom. The molecule has 1 aliphatic rings. The number of primary amides is 1. The Kier molecular flexibility index (Phi) is 9.76. The van der Waals surface area contributed by atoms with Gasteiger partial charge >= 0.3 is 0 Å². The SMILES string of the molecule is CCc1cnc(CNC(=NC)NCc2cccnc2N2CCC(C(N)=O)CC2)s1.I. The molecule has 1 fully saturated rings. The summed E-state index contributed by atoms with van der Waals surface area (Å²) in [6.07, 6.45) is 6.29. The smallest absolute Gasteiger partial charge is 0.220 e. The van der Waals surface area contributed by atoms with Crippen molar-refractivity contribution in [3.63, 3.8) is 0 Å². The molecule has 0 spiro atoms. The number of amides is 1. The second kappa shape index (κ2) is 12.0. The Labute approximate surface area is 198 Å². The van der Waals surface area contributed by atoms with E-state index in [0.717, 1.165) is 54.7 Å². The highest BCUT2D eigenvalue weighted by Gasteiger charge is 2.24. The number of nitrogens with one attached hydrogen (secondary N) is 2. The predicted octanol–water partition coefficient (Wildman–Crippen LogP) is 2.29. The quantitative estimate of drug-likeness (QED) is 0.281. The maximum atomic E-state index is 11.4. The second-order valence-electron chi connectivity index (χ2n) is 7.00. The number of carbonyl (C=O) groups is 1. The summed E-state index contributed by atoms with van der Waals surface area (Å²) in [5.74, 6) is 1.44. The van der Waals surface area contributed by atoms with Crippen LogP contribution in [0.25, 0.3) is 0 Å². The fourth-order valence-electron chi connectivity index (χ4n) is 3.38. The first-order chi connectivity index (χ1) is 14.1. The molecule has 0 atom stereocenters. The van der Waals surface area contributed by atoms with Crippen LogP contribution in [-0.2, 0) is 24.3 Å². The standard InChI is InChI=1S/C20H29N7OS.HI/c1-3-16-12-24-17(29-16)13-26-20(22-2)25-11-15-5-4-8-23-19(15)27-9-6-14(7-10-27)18(21)28;/h4-5,8,12,14H,3,6-7,9-11,13H2,1-2H3,(H2,21,28)(H2,22,25,26);1H. The number of halogens is 1. The van der Waals surface area contributed by atoms with Crippen LogP contribution in [-0.4, -0.2) is 42.0 Å². The van der Waals surface area contributed by atoms with Crippen LogP contribution in [0.1, 0.15) is 35.2 Å². The average Bonchev–Trinajstić information content (AvgIpc) is 3.22. The van der Waals surface area contributed by atoms with Gasteiger partial charge in [-0.05, 0) is 25.3 Å². The summed E-state index contributed by atoms with van der Waals surface area (Å²) in [6, 6.07) is 4.01. The highest BCUT2D eigenvalue weighted by Crippen LogP contribution is 2.24. The molecule has 8 nitrogen and oxygen atoms in total. The maximum Gasteiger partial charge on any atom is 0.220 e. The number of thiazole rings is 1. The highest BCUT2D eigenvalue weighted by molar-refractivity contribution is 14.0. The van der Waals surface area contributed by atoms with Crippen LogP contribution in [0, 0.1) is 5.92 Å². The molecule has 0 aliphatic carbocycles. The van der Waals surface area contributed by atoms with Crippen molar-refractivity contribution in [1.29, 1.82) is 0 Å². The van der Waals surface area contributed by atoms with Gasteiger partial charge in [0.25, 0.3) is 0 Å². The van der Waals surface area contributed by atoms with Crippen LogP contribution in [0.2, 0.25) is 0 Å². The van der Waals surface area contributed by atoms with E-state index in [9.17, 15) is 4.79 Å². The Balaban J connectivity index is 0.00000320. The molecule has 30 heavy (non-hydrogen) atoms. The number of pyridine rings is 1. The topological polar surface area (TPSA) is 109 Å². The minimum atomic E-state index is -0.200. The summed E-state index contributed by atoms with van der Waals surface area (Å²) in [5, 5.41) is 7.72. The van der Waals surface area contributed by atoms with Crippen LogP contribution >= 0.6 is 35.3 Å². The number of hydrogen-bond acceptors (Lipinski definition) is 6. The number of anilines is 1. The summed E-state index contributed by atoms with van der Waals surface area (Å²) in [6.45, 7) is 4.96. The van der Waals surface area contributed by atoms with Crippen LogP contribution < -0.4 is 21.3 Å². The van der Waals surface area contributed by atoms with Crippen LogP contribution in [0.4, 0.5) is 5.82 Å². The summed E-state index contributed by atoms with van der Waals surface area (Å²) in [5.41, 5.74) is 6.54. The number of aliphatic imine (C=N–C) groups is 1. The van der Waals surface area contributed by atoms with E-state index in [2.05, 4.69) is 43.5 Å². The minimum absolute atomic E-state index is 0. The van der Waals surface area contributed by atoms with Crippen molar-refractivity contribution in [2.24, 2.45) is 16.6 Å². The number of carbonyl (C=O) groups excluding carboxylic acids is 1. The van der Waals surface area contributed by atoms with Crippen molar-refractivity contribution in [1.82, 2.24) is 20.6 Å². The van der Waals surface area contributed by atoms with Gasteiger partial charge in [0.2, 0.25) is 5.91 Å². The van der Waals surface area contributed by atoms with E-state index in [1.807, 2.05) is 12.3 Å². The summed E-state index contributed by atoms with van der Waals surface area (Å²) < 4.78 is 0. The first kappa shape index (κ1) is 24.3. The predicted molar refractivity (Wildman–Crippen MR) is 132 cm³/mol. The lowest BCUT2D eigenvalue weighted by Gasteiger charge is -2.32. The molecule has 164 valence electrons. The fraction of sp³-hybridized carbons (Fsp3) is 0.500. The number of rotatable bonds is 7. The molecule has 2 aromatic heterocycles. The molecule has 2 aromatic rings. The van der Waals surface area contributed by atoms with Crippen molar-refractivity contribution in [2.75, 3.05) is 25.0 Å². The number of aromatic nitrogens is 2. The lowest BCUT2D eigenvalue weighted by molar-refractivity contribution is -0.122. The number of hydrogen-bond donors (Lipinski definition) is 3. The van der Waals surface area contributed by atoms with Gasteiger partial charge in [-0.15, -0.1) is 35.3 Å². The van der Waals surface area contributed by atoms with Crippen LogP contribution in [0.15, 0.2) is 29.5 Å². The number of aryl methyl sites for hydroxylation is 1. The van der Waals surface area contributed by atoms with Gasteiger partial charge in [0, 0.05) is 55.4 Å². The van der Waals surface area contributed by atoms with E-state index < -0.39 is 0 Å². The van der Waals surface area contributed by atoms with E-state index in [-0.39, 0.29) is 35.8 Å². The lowest BCUT2D eigenvalue weighted by Crippen LogP contribution is -2.40. The van der Waals surface area contributed by atoms with Crippen molar-refractivity contribution in [3.05, 3.63) is 40.0 Å². The first-order valence-electron chi connectivity index (χ1n) is 9.97. The zero-order valence-electron chi connectivity index (χ0n) is 17.4. The van der Waals surface area contributed by atoms with Gasteiger partial charge in [0.1, 0.15) is 10.8 Å². The molecule has 3 rings (SSSR count). The molecule has 0 radical (unpaired) electrons. The lowest BCUT2D eigenvalue weighted by atomic mass is 9.96. The molecule has 1 amide bonds. The van der Waals surface area contributed by atoms with E-state index >= 15 is 0 Å². The maximum absolute atomic E-state index is 11.4. The van der Waals surface area contributed by atoms with Crippen molar-refractivity contribution >= 4 is 53.0 Å². The molecule has 1 aliphatic heterocycles. The van der Waals surface area contributed by atoms with Crippen molar-refractivity contribution in [3.8, 4) is 0 Å². The third-order valence-electron chi connectivity index (χ3n) is 5.09. The number of piperidine rings is 1. The third-order valence-corrected chi connectivity index (χ3v) is 6.23. The van der Waals surface area contributed by atoms with Gasteiger partial charge in [-0.2, -0.15) is 0 Å².